The van der Waals surface area contributed by atoms with Crippen LogP contribution >= 0.6 is 7.14 Å². The Kier molecular flexibility index (Phi) is 8.22. The predicted octanol–water partition coefficient (Wildman–Crippen LogP) is 7.54. The van der Waals surface area contributed by atoms with Gasteiger partial charge in [0.25, 0.3) is 0 Å². The lowest BCUT2D eigenvalue weighted by molar-refractivity contribution is 0.404. The van der Waals surface area contributed by atoms with Gasteiger partial charge in [-0.05, 0) is 96.9 Å². The summed E-state index contributed by atoms with van der Waals surface area (Å²) in [4.78, 5) is 0. The van der Waals surface area contributed by atoms with Gasteiger partial charge in [0.05, 0.1) is 6.16 Å². The second-order valence-corrected chi connectivity index (χ2v) is 14.8. The van der Waals surface area contributed by atoms with Crippen LogP contribution in [0.4, 0.5) is 13.2 Å². The van der Waals surface area contributed by atoms with Crippen LogP contribution in [0, 0.1) is 23.4 Å². The van der Waals surface area contributed by atoms with E-state index in [-0.39, 0.29) is 23.9 Å². The van der Waals surface area contributed by atoms with Crippen LogP contribution in [0.15, 0.2) is 78.4 Å². The third kappa shape index (κ3) is 6.28. The Bertz CT molecular complexity index is 1100. The Labute approximate surface area is 209 Å². The van der Waals surface area contributed by atoms with Crippen molar-refractivity contribution in [3.63, 3.8) is 0 Å². The highest BCUT2D eigenvalue weighted by Gasteiger charge is 2.46. The van der Waals surface area contributed by atoms with Gasteiger partial charge in [-0.3, -0.25) is 0 Å². The fraction of sp³-hybridized carbons (Fsp3) is 0.333. The molecule has 0 heterocycles. The minimum atomic E-state index is -1.71. The SMILES string of the molecule is C/C(=C(\C[P+](C)(C)B(c1ccc(F)cc1)c1ccc(F)cc1)C1CCCCC1)c1ccc(F)cc1. The number of halogens is 3. The molecule has 3 aromatic rings. The number of hydrogen-bond acceptors (Lipinski definition) is 0. The molecule has 0 unspecified atom stereocenters. The minimum absolute atomic E-state index is 0.0725. The molecule has 1 aliphatic rings. The molecule has 0 bridgehead atoms. The molecule has 0 nitrogen and oxygen atoms in total. The van der Waals surface area contributed by atoms with Crippen LogP contribution < -0.4 is 10.9 Å². The van der Waals surface area contributed by atoms with Crippen LogP contribution in [0.3, 0.4) is 0 Å². The van der Waals surface area contributed by atoms with Gasteiger partial charge in [0.2, 0.25) is 0 Å². The van der Waals surface area contributed by atoms with E-state index in [1.807, 2.05) is 36.4 Å². The first-order chi connectivity index (χ1) is 16.7. The molecule has 5 heteroatoms. The van der Waals surface area contributed by atoms with Crippen molar-refractivity contribution in [2.45, 2.75) is 39.0 Å². The number of allylic oxidation sites excluding steroid dienone is 2. The molecule has 0 amide bonds. The standard InChI is InChI=1S/C30H34BF3P/c1-22(23-9-15-27(32)16-10-23)30(24-7-5-4-6-8-24)21-35(2,3)31(25-11-17-28(33)18-12-25)26-13-19-29(34)20-14-26/h9-20,24H,4-8,21H2,1-3H3/q+1/b30-22-. The molecule has 1 saturated carbocycles. The monoisotopic (exact) mass is 493 g/mol. The van der Waals surface area contributed by atoms with E-state index in [0.29, 0.717) is 5.92 Å². The molecule has 3 aromatic carbocycles. The lowest BCUT2D eigenvalue weighted by Gasteiger charge is -2.32. The first-order valence-electron chi connectivity index (χ1n) is 12.5. The van der Waals surface area contributed by atoms with Gasteiger partial charge in [0, 0.05) is 13.3 Å². The van der Waals surface area contributed by atoms with Crippen LogP contribution in [-0.4, -0.2) is 25.9 Å². The second-order valence-electron chi connectivity index (χ2n) is 10.4. The summed E-state index contributed by atoms with van der Waals surface area (Å²) in [6, 6.07) is 20.4. The van der Waals surface area contributed by atoms with E-state index in [2.05, 4.69) is 20.3 Å². The highest BCUT2D eigenvalue weighted by atomic mass is 31.2. The van der Waals surface area contributed by atoms with Crippen LogP contribution in [-0.2, 0) is 0 Å². The van der Waals surface area contributed by atoms with E-state index >= 15 is 0 Å². The van der Waals surface area contributed by atoms with Crippen LogP contribution in [0.1, 0.15) is 44.6 Å². The molecular formula is C30H34BF3P+. The lowest BCUT2D eigenvalue weighted by Crippen LogP contribution is -2.45. The van der Waals surface area contributed by atoms with Crippen molar-refractivity contribution in [1.82, 2.24) is 0 Å². The highest BCUT2D eigenvalue weighted by Crippen LogP contribution is 2.57. The smallest absolute Gasteiger partial charge is 0.207 e. The summed E-state index contributed by atoms with van der Waals surface area (Å²) >= 11 is 0. The van der Waals surface area contributed by atoms with E-state index in [9.17, 15) is 13.2 Å². The average molecular weight is 493 g/mol. The maximum absolute atomic E-state index is 13.8. The molecule has 0 spiro atoms. The molecule has 0 atom stereocenters. The largest absolute Gasteiger partial charge is 0.407 e. The Balaban J connectivity index is 1.78. The minimum Gasteiger partial charge on any atom is -0.207 e. The summed E-state index contributed by atoms with van der Waals surface area (Å²) in [5, 5.41) is 0. The number of hydrogen-bond donors (Lipinski definition) is 0. The van der Waals surface area contributed by atoms with Gasteiger partial charge >= 0.3 is 6.43 Å². The molecule has 0 N–H and O–H groups in total. The topological polar surface area (TPSA) is 0 Å². The molecule has 1 fully saturated rings. The van der Waals surface area contributed by atoms with Crippen molar-refractivity contribution in [3.05, 3.63) is 101 Å². The van der Waals surface area contributed by atoms with Crippen molar-refractivity contribution in [2.24, 2.45) is 5.92 Å². The van der Waals surface area contributed by atoms with E-state index in [4.69, 9.17) is 0 Å². The van der Waals surface area contributed by atoms with Gasteiger partial charge in [0.15, 0.2) is 0 Å². The first-order valence-corrected chi connectivity index (χ1v) is 15.5. The zero-order chi connectivity index (χ0) is 25.0. The molecule has 35 heavy (non-hydrogen) atoms. The summed E-state index contributed by atoms with van der Waals surface area (Å²) < 4.78 is 41.3. The van der Waals surface area contributed by atoms with Crippen molar-refractivity contribution in [3.8, 4) is 0 Å². The number of rotatable bonds is 7. The fourth-order valence-electron chi connectivity index (χ4n) is 5.71. The van der Waals surface area contributed by atoms with Gasteiger partial charge in [0.1, 0.15) is 17.5 Å². The Hall–Kier alpha value is -2.32. The van der Waals surface area contributed by atoms with E-state index in [1.54, 1.807) is 0 Å². The third-order valence-corrected chi connectivity index (χ3v) is 10.7. The summed E-state index contributed by atoms with van der Waals surface area (Å²) in [6.45, 7) is 6.91. The van der Waals surface area contributed by atoms with Crippen molar-refractivity contribution < 1.29 is 13.2 Å². The normalized spacial score (nSPS) is 15.6. The Morgan fingerprint density at radius 2 is 1.14 bits per heavy atom. The molecule has 0 aliphatic heterocycles. The zero-order valence-corrected chi connectivity index (χ0v) is 21.8. The average Bonchev–Trinajstić information content (AvgIpc) is 2.86. The predicted molar refractivity (Wildman–Crippen MR) is 147 cm³/mol. The van der Waals surface area contributed by atoms with Crippen LogP contribution in [0.2, 0.25) is 0 Å². The number of benzene rings is 3. The summed E-state index contributed by atoms with van der Waals surface area (Å²) in [5.74, 6) is -0.202. The quantitative estimate of drug-likeness (QED) is 0.236. The maximum atomic E-state index is 13.8. The van der Waals surface area contributed by atoms with Gasteiger partial charge < -0.3 is 0 Å². The second kappa shape index (κ2) is 11.2. The Morgan fingerprint density at radius 3 is 1.60 bits per heavy atom. The first kappa shape index (κ1) is 25.8. The van der Waals surface area contributed by atoms with E-state index in [0.717, 1.165) is 22.7 Å². The molecule has 1 aliphatic carbocycles. The summed E-state index contributed by atoms with van der Waals surface area (Å²) in [7, 11) is -1.71. The van der Waals surface area contributed by atoms with Crippen LogP contribution in [0.5, 0.6) is 0 Å². The molecular weight excluding hydrogens is 459 g/mol. The summed E-state index contributed by atoms with van der Waals surface area (Å²) in [6.07, 6.45) is 7.17. The van der Waals surface area contributed by atoms with Crippen molar-refractivity contribution >= 4 is 30.1 Å². The van der Waals surface area contributed by atoms with Gasteiger partial charge in [-0.1, -0.05) is 55.7 Å². The maximum Gasteiger partial charge on any atom is 0.407 e. The molecule has 0 saturated heterocycles. The van der Waals surface area contributed by atoms with Gasteiger partial charge in [-0.15, -0.1) is 0 Å². The van der Waals surface area contributed by atoms with Crippen molar-refractivity contribution in [2.75, 3.05) is 19.5 Å². The zero-order valence-electron chi connectivity index (χ0n) is 20.9. The molecule has 182 valence electrons. The van der Waals surface area contributed by atoms with Crippen LogP contribution in [0.25, 0.3) is 5.57 Å². The fourth-order valence-corrected chi connectivity index (χ4v) is 9.22. The van der Waals surface area contributed by atoms with Gasteiger partial charge in [-0.2, -0.15) is 0 Å². The summed E-state index contributed by atoms with van der Waals surface area (Å²) in [5.41, 5.74) is 5.94. The molecule has 0 aromatic heterocycles. The van der Waals surface area contributed by atoms with Gasteiger partial charge in [-0.25, -0.2) is 13.2 Å². The van der Waals surface area contributed by atoms with E-state index in [1.165, 1.54) is 79.6 Å². The molecule has 4 rings (SSSR count). The van der Waals surface area contributed by atoms with Crippen molar-refractivity contribution in [1.29, 1.82) is 0 Å². The van der Waals surface area contributed by atoms with E-state index < -0.39 is 7.14 Å². The lowest BCUT2D eigenvalue weighted by atomic mass is 9.61. The highest BCUT2D eigenvalue weighted by molar-refractivity contribution is 8.06. The Morgan fingerprint density at radius 1 is 0.714 bits per heavy atom. The molecule has 0 radical (unpaired) electrons. The third-order valence-electron chi connectivity index (χ3n) is 7.51.